The molecule has 8 heteroatoms. The van der Waals surface area contributed by atoms with E-state index in [1.807, 2.05) is 36.4 Å². The maximum absolute atomic E-state index is 9.01. The van der Waals surface area contributed by atoms with E-state index in [1.165, 1.54) is 6.08 Å². The van der Waals surface area contributed by atoms with E-state index in [0.717, 1.165) is 16.8 Å². The summed E-state index contributed by atoms with van der Waals surface area (Å²) in [5, 5.41) is 21.7. The number of para-hydroxylation sites is 1. The van der Waals surface area contributed by atoms with Gasteiger partial charge in [0.15, 0.2) is 0 Å². The highest BCUT2D eigenvalue weighted by atomic mass is 16.5. The summed E-state index contributed by atoms with van der Waals surface area (Å²) in [5.74, 6) is 1.75. The first kappa shape index (κ1) is 22.1. The lowest BCUT2D eigenvalue weighted by Gasteiger charge is -2.17. The van der Waals surface area contributed by atoms with Crippen LogP contribution in [0.15, 0.2) is 60.7 Å². The van der Waals surface area contributed by atoms with Gasteiger partial charge < -0.3 is 20.5 Å². The van der Waals surface area contributed by atoms with Crippen molar-refractivity contribution in [2.24, 2.45) is 0 Å². The number of nitrogen functional groups attached to an aromatic ring is 1. The third-order valence-electron chi connectivity index (χ3n) is 5.17. The van der Waals surface area contributed by atoms with Crippen LogP contribution < -0.4 is 20.5 Å². The smallest absolute Gasteiger partial charge is 0.229 e. The highest BCUT2D eigenvalue weighted by Crippen LogP contribution is 2.43. The zero-order valence-electron chi connectivity index (χ0n) is 18.5. The summed E-state index contributed by atoms with van der Waals surface area (Å²) >= 11 is 0. The van der Waals surface area contributed by atoms with Crippen LogP contribution in [0.2, 0.25) is 0 Å². The first-order chi connectivity index (χ1) is 16.6. The second-order valence-corrected chi connectivity index (χ2v) is 7.21. The molecule has 0 aliphatic carbocycles. The van der Waals surface area contributed by atoms with Gasteiger partial charge in [-0.3, -0.25) is 0 Å². The number of allylic oxidation sites excluding steroid dienone is 1. The zero-order chi connectivity index (χ0) is 24.1. The Morgan fingerprint density at radius 1 is 0.971 bits per heavy atom. The van der Waals surface area contributed by atoms with Crippen molar-refractivity contribution in [1.29, 1.82) is 10.5 Å². The first-order valence-electron chi connectivity index (χ1n) is 10.2. The molecule has 0 fully saturated rings. The average molecular weight is 448 g/mol. The molecular weight excluding hydrogens is 428 g/mol. The Balaban J connectivity index is 1.89. The van der Waals surface area contributed by atoms with Gasteiger partial charge in [-0.05, 0) is 54.1 Å². The molecule has 0 saturated carbocycles. The van der Waals surface area contributed by atoms with E-state index in [-0.39, 0.29) is 0 Å². The zero-order valence-corrected chi connectivity index (χ0v) is 18.5. The molecule has 0 aliphatic rings. The maximum atomic E-state index is 9.01. The Labute approximate surface area is 196 Å². The Morgan fingerprint density at radius 3 is 2.29 bits per heavy atom. The number of hydrogen-bond acceptors (Lipinski definition) is 8. The summed E-state index contributed by atoms with van der Waals surface area (Å²) in [4.78, 5) is 9.13. The third kappa shape index (κ3) is 4.29. The van der Waals surface area contributed by atoms with Crippen LogP contribution in [0.25, 0.3) is 28.1 Å². The van der Waals surface area contributed by atoms with Gasteiger partial charge >= 0.3 is 0 Å². The fraction of sp³-hybridized carbons (Fsp3) is 0.0769. The van der Waals surface area contributed by atoms with Crippen LogP contribution >= 0.6 is 0 Å². The average Bonchev–Trinajstić information content (AvgIpc) is 2.87. The van der Waals surface area contributed by atoms with E-state index >= 15 is 0 Å². The fourth-order valence-corrected chi connectivity index (χ4v) is 3.62. The molecule has 8 nitrogen and oxygen atoms in total. The molecule has 0 aliphatic heterocycles. The second-order valence-electron chi connectivity index (χ2n) is 7.21. The summed E-state index contributed by atoms with van der Waals surface area (Å²) in [7, 11) is 3.14. The van der Waals surface area contributed by atoms with Crippen LogP contribution in [0.4, 0.5) is 17.5 Å². The van der Waals surface area contributed by atoms with Crippen LogP contribution in [-0.2, 0) is 0 Å². The molecule has 0 amide bonds. The van der Waals surface area contributed by atoms with Crippen molar-refractivity contribution in [2.45, 2.75) is 0 Å². The van der Waals surface area contributed by atoms with Crippen LogP contribution in [0.1, 0.15) is 11.1 Å². The number of nitrogens with two attached hydrogens (primary N) is 1. The molecule has 0 bridgehead atoms. The minimum atomic E-state index is 0.314. The van der Waals surface area contributed by atoms with Crippen LogP contribution in [0, 0.1) is 22.7 Å². The Bertz CT molecular complexity index is 1460. The Hall–Kier alpha value is -5.08. The van der Waals surface area contributed by atoms with Gasteiger partial charge in [0.25, 0.3) is 0 Å². The highest BCUT2D eigenvalue weighted by Gasteiger charge is 2.19. The van der Waals surface area contributed by atoms with Gasteiger partial charge in [0.05, 0.1) is 43.0 Å². The van der Waals surface area contributed by atoms with Gasteiger partial charge in [0, 0.05) is 22.7 Å². The Kier molecular flexibility index (Phi) is 6.24. The van der Waals surface area contributed by atoms with Crippen molar-refractivity contribution in [2.75, 3.05) is 25.3 Å². The molecule has 34 heavy (non-hydrogen) atoms. The molecule has 0 atom stereocenters. The van der Waals surface area contributed by atoms with Gasteiger partial charge in [0.1, 0.15) is 17.3 Å². The monoisotopic (exact) mass is 448 g/mol. The normalized spacial score (nSPS) is 10.6. The number of aromatic nitrogens is 2. The maximum Gasteiger partial charge on any atom is 0.229 e. The third-order valence-corrected chi connectivity index (χ3v) is 5.17. The van der Waals surface area contributed by atoms with Gasteiger partial charge in [0.2, 0.25) is 5.95 Å². The van der Waals surface area contributed by atoms with E-state index < -0.39 is 0 Å². The molecule has 4 aromatic rings. The number of nitrogens with one attached hydrogen (secondary N) is 1. The van der Waals surface area contributed by atoms with Gasteiger partial charge in [-0.1, -0.05) is 12.1 Å². The number of anilines is 3. The number of benzene rings is 3. The molecule has 0 unspecified atom stereocenters. The van der Waals surface area contributed by atoms with E-state index in [4.69, 9.17) is 30.7 Å². The molecule has 0 saturated heterocycles. The summed E-state index contributed by atoms with van der Waals surface area (Å²) in [6.07, 6.45) is 3.07. The van der Waals surface area contributed by atoms with E-state index in [1.54, 1.807) is 44.6 Å². The van der Waals surface area contributed by atoms with E-state index in [2.05, 4.69) is 16.4 Å². The highest BCUT2D eigenvalue weighted by molar-refractivity contribution is 6.01. The van der Waals surface area contributed by atoms with Crippen LogP contribution in [-0.4, -0.2) is 24.2 Å². The van der Waals surface area contributed by atoms with Crippen molar-refractivity contribution in [3.8, 4) is 34.8 Å². The number of nitrogens with zero attached hydrogens (tertiary/aromatic N) is 4. The fourth-order valence-electron chi connectivity index (χ4n) is 3.62. The van der Waals surface area contributed by atoms with Crippen molar-refractivity contribution in [3.63, 3.8) is 0 Å². The first-order valence-corrected chi connectivity index (χ1v) is 10.2. The Morgan fingerprint density at radius 2 is 1.68 bits per heavy atom. The number of rotatable bonds is 6. The largest absolute Gasteiger partial charge is 0.496 e. The molecule has 0 radical (unpaired) electrons. The van der Waals surface area contributed by atoms with Gasteiger partial charge in [-0.15, -0.1) is 0 Å². The standard InChI is InChI=1S/C26H20N6O2/c1-33-21-13-17(5-4-12-27)14-22(34-2)23(21)19-6-3-7-20-24(19)31-26(32-25(20)29)30-18-10-8-16(15-28)9-11-18/h3-11,13-14H,1-2H3,(H3,29,30,31,32). The topological polar surface area (TPSA) is 130 Å². The van der Waals surface area contributed by atoms with E-state index in [9.17, 15) is 0 Å². The molecular formula is C26H20N6O2. The van der Waals surface area contributed by atoms with Crippen molar-refractivity contribution < 1.29 is 9.47 Å². The summed E-state index contributed by atoms with van der Waals surface area (Å²) in [6.45, 7) is 0. The molecule has 4 rings (SSSR count). The molecule has 1 aromatic heterocycles. The molecule has 1 heterocycles. The summed E-state index contributed by atoms with van der Waals surface area (Å²) < 4.78 is 11.4. The minimum Gasteiger partial charge on any atom is -0.496 e. The predicted molar refractivity (Wildman–Crippen MR) is 132 cm³/mol. The predicted octanol–water partition coefficient (Wildman–Crippen LogP) is 5.05. The van der Waals surface area contributed by atoms with Crippen molar-refractivity contribution >= 4 is 34.4 Å². The number of ether oxygens (including phenoxy) is 2. The SMILES string of the molecule is COc1cc(C=CC#N)cc(OC)c1-c1cccc2c(N)nc(Nc3ccc(C#N)cc3)nc12. The summed E-state index contributed by atoms with van der Waals surface area (Å²) in [6, 6.07) is 20.3. The minimum absolute atomic E-state index is 0.314. The van der Waals surface area contributed by atoms with E-state index in [0.29, 0.717) is 45.3 Å². The van der Waals surface area contributed by atoms with Crippen molar-refractivity contribution in [3.05, 3.63) is 71.8 Å². The van der Waals surface area contributed by atoms with Crippen LogP contribution in [0.3, 0.4) is 0 Å². The van der Waals surface area contributed by atoms with Crippen LogP contribution in [0.5, 0.6) is 11.5 Å². The lowest BCUT2D eigenvalue weighted by atomic mass is 9.98. The number of nitriles is 2. The quantitative estimate of drug-likeness (QED) is 0.392. The molecule has 3 aromatic carbocycles. The van der Waals surface area contributed by atoms with Gasteiger partial charge in [-0.25, -0.2) is 4.98 Å². The number of methoxy groups -OCH3 is 2. The molecule has 0 spiro atoms. The lowest BCUT2D eigenvalue weighted by Crippen LogP contribution is -2.03. The van der Waals surface area contributed by atoms with Gasteiger partial charge in [-0.2, -0.15) is 15.5 Å². The number of hydrogen-bond donors (Lipinski definition) is 2. The van der Waals surface area contributed by atoms with Crippen molar-refractivity contribution in [1.82, 2.24) is 9.97 Å². The molecule has 3 N–H and O–H groups in total. The molecule has 166 valence electrons. The second kappa shape index (κ2) is 9.60. The lowest BCUT2D eigenvalue weighted by molar-refractivity contribution is 0.397. The summed E-state index contributed by atoms with van der Waals surface area (Å²) in [5.41, 5.74) is 10.4. The number of fused-ring (bicyclic) bond motifs is 1.